The van der Waals surface area contributed by atoms with Crippen molar-refractivity contribution >= 4 is 27.9 Å². The predicted molar refractivity (Wildman–Crippen MR) is 69.0 cm³/mol. The molecule has 1 heterocycles. The minimum atomic E-state index is -0.620. The number of halogens is 1. The fourth-order valence-electron chi connectivity index (χ4n) is 1.83. The van der Waals surface area contributed by atoms with E-state index in [9.17, 15) is 9.59 Å². The molecule has 3 amide bonds. The van der Waals surface area contributed by atoms with Gasteiger partial charge in [-0.25, -0.2) is 4.79 Å². The molecule has 1 atom stereocenters. The van der Waals surface area contributed by atoms with E-state index in [-0.39, 0.29) is 18.5 Å². The number of carbonyl (C=O) groups excluding carboxylic acids is 2. The van der Waals surface area contributed by atoms with Crippen LogP contribution in [0.1, 0.15) is 11.6 Å². The smallest absolute Gasteiger partial charge is 0.325 e. The van der Waals surface area contributed by atoms with Crippen LogP contribution in [0.15, 0.2) is 28.7 Å². The number of rotatable bonds is 4. The quantitative estimate of drug-likeness (QED) is 0.861. The zero-order valence-corrected chi connectivity index (χ0v) is 11.4. The van der Waals surface area contributed by atoms with Crippen LogP contribution in [-0.4, -0.2) is 37.1 Å². The Morgan fingerprint density at radius 1 is 1.39 bits per heavy atom. The number of urea groups is 1. The highest BCUT2D eigenvalue weighted by Crippen LogP contribution is 2.27. The van der Waals surface area contributed by atoms with E-state index < -0.39 is 6.04 Å². The van der Waals surface area contributed by atoms with Crippen LogP contribution in [0.3, 0.4) is 0 Å². The van der Waals surface area contributed by atoms with Crippen LogP contribution >= 0.6 is 15.9 Å². The summed E-state index contributed by atoms with van der Waals surface area (Å²) in [6.45, 7) is 0.601. The number of nitrogens with zero attached hydrogens (tertiary/aromatic N) is 1. The molecule has 0 radical (unpaired) electrons. The zero-order chi connectivity index (χ0) is 13.1. The highest BCUT2D eigenvalue weighted by molar-refractivity contribution is 9.10. The van der Waals surface area contributed by atoms with Crippen LogP contribution in [0.4, 0.5) is 4.79 Å². The summed E-state index contributed by atoms with van der Waals surface area (Å²) in [6.07, 6.45) is 0. The first-order chi connectivity index (χ1) is 8.65. The second-order valence-corrected chi connectivity index (χ2v) is 4.74. The molecule has 1 fully saturated rings. The summed E-state index contributed by atoms with van der Waals surface area (Å²) in [5.74, 6) is -0.246. The lowest BCUT2D eigenvalue weighted by molar-refractivity contribution is -0.128. The second-order valence-electron chi connectivity index (χ2n) is 3.89. The minimum absolute atomic E-state index is 0.246. The largest absolute Gasteiger partial charge is 0.383 e. The average Bonchev–Trinajstić information content (AvgIpc) is 2.63. The Balaban J connectivity index is 2.20. The third-order valence-electron chi connectivity index (χ3n) is 2.76. The summed E-state index contributed by atoms with van der Waals surface area (Å²) in [4.78, 5) is 25.0. The van der Waals surface area contributed by atoms with Crippen LogP contribution < -0.4 is 5.32 Å². The molecule has 1 aliphatic heterocycles. The Hall–Kier alpha value is -1.40. The Morgan fingerprint density at radius 3 is 2.78 bits per heavy atom. The predicted octanol–water partition coefficient (Wildman–Crippen LogP) is 1.69. The average molecular weight is 313 g/mol. The van der Waals surface area contributed by atoms with Crippen molar-refractivity contribution in [3.8, 4) is 0 Å². The molecule has 1 unspecified atom stereocenters. The van der Waals surface area contributed by atoms with Crippen LogP contribution in [0, 0.1) is 0 Å². The molecule has 1 N–H and O–H groups in total. The van der Waals surface area contributed by atoms with Gasteiger partial charge in [-0.2, -0.15) is 0 Å². The van der Waals surface area contributed by atoms with Gasteiger partial charge < -0.3 is 10.1 Å². The van der Waals surface area contributed by atoms with Crippen molar-refractivity contribution in [2.45, 2.75) is 6.04 Å². The SMILES string of the molecule is COCCN1C(=O)NC(c2ccccc2Br)C1=O. The molecule has 0 aliphatic carbocycles. The molecule has 0 spiro atoms. The van der Waals surface area contributed by atoms with Gasteiger partial charge in [0.05, 0.1) is 13.2 Å². The number of benzene rings is 1. The maximum Gasteiger partial charge on any atom is 0.325 e. The number of hydrogen-bond acceptors (Lipinski definition) is 3. The van der Waals surface area contributed by atoms with Crippen molar-refractivity contribution in [3.05, 3.63) is 34.3 Å². The van der Waals surface area contributed by atoms with E-state index in [2.05, 4.69) is 21.2 Å². The van der Waals surface area contributed by atoms with Crippen molar-refractivity contribution in [2.24, 2.45) is 0 Å². The Labute approximate surface area is 113 Å². The van der Waals surface area contributed by atoms with Crippen molar-refractivity contribution in [2.75, 3.05) is 20.3 Å². The number of carbonyl (C=O) groups is 2. The maximum absolute atomic E-state index is 12.1. The van der Waals surface area contributed by atoms with Crippen LogP contribution in [-0.2, 0) is 9.53 Å². The van der Waals surface area contributed by atoms with Gasteiger partial charge in [0.25, 0.3) is 5.91 Å². The summed E-state index contributed by atoms with van der Waals surface area (Å²) in [5, 5.41) is 2.67. The topological polar surface area (TPSA) is 58.6 Å². The van der Waals surface area contributed by atoms with Gasteiger partial charge in [0.1, 0.15) is 6.04 Å². The van der Waals surface area contributed by atoms with Gasteiger partial charge >= 0.3 is 6.03 Å². The van der Waals surface area contributed by atoms with E-state index in [4.69, 9.17) is 4.74 Å². The second kappa shape index (κ2) is 5.49. The normalized spacial score (nSPS) is 19.2. The van der Waals surface area contributed by atoms with E-state index >= 15 is 0 Å². The summed E-state index contributed by atoms with van der Waals surface area (Å²) >= 11 is 3.38. The minimum Gasteiger partial charge on any atom is -0.383 e. The van der Waals surface area contributed by atoms with Gasteiger partial charge in [-0.05, 0) is 11.6 Å². The number of methoxy groups -OCH3 is 1. The molecular formula is C12H13BrN2O3. The Bertz CT molecular complexity index is 478. The van der Waals surface area contributed by atoms with E-state index in [1.165, 1.54) is 12.0 Å². The molecular weight excluding hydrogens is 300 g/mol. The number of imide groups is 1. The van der Waals surface area contributed by atoms with E-state index in [0.29, 0.717) is 6.61 Å². The van der Waals surface area contributed by atoms with Gasteiger partial charge in [0.2, 0.25) is 0 Å². The van der Waals surface area contributed by atoms with Crippen molar-refractivity contribution in [3.63, 3.8) is 0 Å². The van der Waals surface area contributed by atoms with E-state index in [0.717, 1.165) is 10.0 Å². The number of nitrogens with one attached hydrogen (secondary N) is 1. The fraction of sp³-hybridized carbons (Fsp3) is 0.333. The molecule has 1 saturated heterocycles. The fourth-order valence-corrected chi connectivity index (χ4v) is 2.35. The lowest BCUT2D eigenvalue weighted by Gasteiger charge is -2.12. The van der Waals surface area contributed by atoms with E-state index in [1.807, 2.05) is 24.3 Å². The molecule has 18 heavy (non-hydrogen) atoms. The summed E-state index contributed by atoms with van der Waals surface area (Å²) in [6, 6.07) is 6.34. The lowest BCUT2D eigenvalue weighted by Crippen LogP contribution is -2.33. The van der Waals surface area contributed by atoms with Gasteiger partial charge in [-0.15, -0.1) is 0 Å². The molecule has 1 aliphatic rings. The number of ether oxygens (including phenoxy) is 1. The van der Waals surface area contributed by atoms with Crippen LogP contribution in [0.25, 0.3) is 0 Å². The molecule has 2 rings (SSSR count). The van der Waals surface area contributed by atoms with Gasteiger partial charge in [0, 0.05) is 11.6 Å². The molecule has 5 nitrogen and oxygen atoms in total. The first-order valence-corrected chi connectivity index (χ1v) is 6.29. The summed E-state index contributed by atoms with van der Waals surface area (Å²) < 4.78 is 5.68. The molecule has 0 saturated carbocycles. The van der Waals surface area contributed by atoms with Crippen molar-refractivity contribution in [1.29, 1.82) is 0 Å². The van der Waals surface area contributed by atoms with Crippen LogP contribution in [0.2, 0.25) is 0 Å². The van der Waals surface area contributed by atoms with Gasteiger partial charge in [0.15, 0.2) is 0 Å². The first-order valence-electron chi connectivity index (χ1n) is 5.50. The molecule has 0 aromatic heterocycles. The third kappa shape index (κ3) is 2.39. The van der Waals surface area contributed by atoms with Gasteiger partial charge in [-0.3, -0.25) is 9.69 Å². The Kier molecular flexibility index (Phi) is 3.98. The number of amides is 3. The summed E-state index contributed by atoms with van der Waals surface area (Å²) in [7, 11) is 1.53. The maximum atomic E-state index is 12.1. The third-order valence-corrected chi connectivity index (χ3v) is 3.48. The molecule has 1 aromatic carbocycles. The van der Waals surface area contributed by atoms with Crippen molar-refractivity contribution in [1.82, 2.24) is 10.2 Å². The number of hydrogen-bond donors (Lipinski definition) is 1. The van der Waals surface area contributed by atoms with Gasteiger partial charge in [-0.1, -0.05) is 34.1 Å². The van der Waals surface area contributed by atoms with E-state index in [1.54, 1.807) is 0 Å². The highest BCUT2D eigenvalue weighted by atomic mass is 79.9. The Morgan fingerprint density at radius 2 is 2.11 bits per heavy atom. The molecule has 6 heteroatoms. The first kappa shape index (κ1) is 13.0. The zero-order valence-electron chi connectivity index (χ0n) is 9.85. The monoisotopic (exact) mass is 312 g/mol. The molecule has 0 bridgehead atoms. The summed E-state index contributed by atoms with van der Waals surface area (Å²) in [5.41, 5.74) is 0.760. The molecule has 1 aromatic rings. The van der Waals surface area contributed by atoms with Crippen LogP contribution in [0.5, 0.6) is 0 Å². The molecule has 96 valence electrons. The lowest BCUT2D eigenvalue weighted by atomic mass is 10.1. The standard InChI is InChI=1S/C12H13BrN2O3/c1-18-7-6-15-11(16)10(14-12(15)17)8-4-2-3-5-9(8)13/h2-5,10H,6-7H2,1H3,(H,14,17). The highest BCUT2D eigenvalue weighted by Gasteiger charge is 2.39. The van der Waals surface area contributed by atoms with Crippen molar-refractivity contribution < 1.29 is 14.3 Å².